The highest BCUT2D eigenvalue weighted by atomic mass is 35.5. The van der Waals surface area contributed by atoms with E-state index in [9.17, 15) is 4.79 Å². The van der Waals surface area contributed by atoms with Crippen molar-refractivity contribution >= 4 is 23.2 Å². The lowest BCUT2D eigenvalue weighted by molar-refractivity contribution is -0.130. The van der Waals surface area contributed by atoms with Crippen LogP contribution in [0.4, 0.5) is 5.69 Å². The summed E-state index contributed by atoms with van der Waals surface area (Å²) in [6.07, 6.45) is 0.933. The highest BCUT2D eigenvalue weighted by Gasteiger charge is 2.19. The monoisotopic (exact) mass is 300 g/mol. The van der Waals surface area contributed by atoms with Crippen LogP contribution in [0.3, 0.4) is 0 Å². The molecule has 0 saturated carbocycles. The molecule has 2 aromatic rings. The van der Waals surface area contributed by atoms with Crippen LogP contribution in [0.1, 0.15) is 11.1 Å². The van der Waals surface area contributed by atoms with E-state index in [0.29, 0.717) is 18.1 Å². The van der Waals surface area contributed by atoms with Gasteiger partial charge in [-0.3, -0.25) is 4.79 Å². The predicted octanol–water partition coefficient (Wildman–Crippen LogP) is 3.34. The van der Waals surface area contributed by atoms with Crippen molar-refractivity contribution in [1.82, 2.24) is 4.90 Å². The molecule has 0 unspecified atom stereocenters. The van der Waals surface area contributed by atoms with Crippen molar-refractivity contribution < 1.29 is 4.79 Å². The summed E-state index contributed by atoms with van der Waals surface area (Å²) in [4.78, 5) is 14.2. The molecule has 0 bridgehead atoms. The Morgan fingerprint density at radius 3 is 2.57 bits per heavy atom. The standard InChI is InChI=1S/C17H17ClN2O/c18-15-5-7-16(8-6-15)19-11-17(21)20-10-9-13-3-1-2-4-14(13)12-20/h1-8,19H,9-12H2. The Balaban J connectivity index is 1.58. The van der Waals surface area contributed by atoms with Gasteiger partial charge < -0.3 is 10.2 Å². The van der Waals surface area contributed by atoms with Crippen LogP contribution in [-0.4, -0.2) is 23.9 Å². The van der Waals surface area contributed by atoms with Gasteiger partial charge in [0.05, 0.1) is 6.54 Å². The first kappa shape index (κ1) is 14.0. The first-order chi connectivity index (χ1) is 10.2. The van der Waals surface area contributed by atoms with Crippen LogP contribution in [0.5, 0.6) is 0 Å². The van der Waals surface area contributed by atoms with E-state index >= 15 is 0 Å². The molecule has 1 amide bonds. The summed E-state index contributed by atoms with van der Waals surface area (Å²) in [5.74, 6) is 0.124. The minimum atomic E-state index is 0.124. The fourth-order valence-corrected chi connectivity index (χ4v) is 2.69. The molecule has 0 radical (unpaired) electrons. The van der Waals surface area contributed by atoms with Crippen LogP contribution in [0.15, 0.2) is 48.5 Å². The Morgan fingerprint density at radius 1 is 1.10 bits per heavy atom. The van der Waals surface area contributed by atoms with Crippen LogP contribution < -0.4 is 5.32 Å². The lowest BCUT2D eigenvalue weighted by Crippen LogP contribution is -2.39. The van der Waals surface area contributed by atoms with Crippen LogP contribution in [0.2, 0.25) is 5.02 Å². The van der Waals surface area contributed by atoms with E-state index in [1.54, 1.807) is 0 Å². The van der Waals surface area contributed by atoms with Gasteiger partial charge in [0.15, 0.2) is 0 Å². The summed E-state index contributed by atoms with van der Waals surface area (Å²) < 4.78 is 0. The molecular weight excluding hydrogens is 284 g/mol. The molecule has 0 saturated heterocycles. The van der Waals surface area contributed by atoms with Crippen LogP contribution in [0, 0.1) is 0 Å². The van der Waals surface area contributed by atoms with Crippen LogP contribution >= 0.6 is 11.6 Å². The van der Waals surface area contributed by atoms with Gasteiger partial charge in [0, 0.05) is 23.8 Å². The summed E-state index contributed by atoms with van der Waals surface area (Å²) in [6, 6.07) is 15.7. The Hall–Kier alpha value is -2.00. The van der Waals surface area contributed by atoms with E-state index < -0.39 is 0 Å². The van der Waals surface area contributed by atoms with E-state index in [-0.39, 0.29) is 5.91 Å². The number of rotatable bonds is 3. The molecule has 0 fully saturated rings. The van der Waals surface area contributed by atoms with Crippen molar-refractivity contribution in [2.45, 2.75) is 13.0 Å². The minimum Gasteiger partial charge on any atom is -0.376 e. The number of fused-ring (bicyclic) bond motifs is 1. The van der Waals surface area contributed by atoms with E-state index in [2.05, 4.69) is 23.5 Å². The average Bonchev–Trinajstić information content (AvgIpc) is 2.53. The van der Waals surface area contributed by atoms with Gasteiger partial charge in [0.25, 0.3) is 0 Å². The van der Waals surface area contributed by atoms with Gasteiger partial charge >= 0.3 is 0 Å². The van der Waals surface area contributed by atoms with Gasteiger partial charge in [0.1, 0.15) is 0 Å². The van der Waals surface area contributed by atoms with Crippen molar-refractivity contribution in [3.63, 3.8) is 0 Å². The van der Waals surface area contributed by atoms with Crippen LogP contribution in [-0.2, 0) is 17.8 Å². The molecule has 108 valence electrons. The highest BCUT2D eigenvalue weighted by Crippen LogP contribution is 2.19. The van der Waals surface area contributed by atoms with E-state index in [1.165, 1.54) is 11.1 Å². The van der Waals surface area contributed by atoms with Crippen molar-refractivity contribution in [1.29, 1.82) is 0 Å². The van der Waals surface area contributed by atoms with E-state index in [4.69, 9.17) is 11.6 Å². The molecule has 0 atom stereocenters. The molecular formula is C17H17ClN2O. The Morgan fingerprint density at radius 2 is 1.81 bits per heavy atom. The number of anilines is 1. The van der Waals surface area contributed by atoms with Crippen molar-refractivity contribution in [2.24, 2.45) is 0 Å². The summed E-state index contributed by atoms with van der Waals surface area (Å²) >= 11 is 5.84. The fourth-order valence-electron chi connectivity index (χ4n) is 2.57. The third-order valence-corrected chi connectivity index (χ3v) is 4.02. The predicted molar refractivity (Wildman–Crippen MR) is 85.5 cm³/mol. The molecule has 0 aromatic heterocycles. The molecule has 0 spiro atoms. The molecule has 2 aromatic carbocycles. The molecule has 1 N–H and O–H groups in total. The zero-order chi connectivity index (χ0) is 14.7. The first-order valence-electron chi connectivity index (χ1n) is 7.06. The summed E-state index contributed by atoms with van der Waals surface area (Å²) in [5.41, 5.74) is 3.51. The summed E-state index contributed by atoms with van der Waals surface area (Å²) in [6.45, 7) is 1.80. The molecule has 3 nitrogen and oxygen atoms in total. The Bertz CT molecular complexity index is 639. The van der Waals surface area contributed by atoms with Crippen molar-refractivity contribution in [3.05, 3.63) is 64.7 Å². The topological polar surface area (TPSA) is 32.3 Å². The average molecular weight is 301 g/mol. The molecule has 1 aliphatic rings. The number of benzene rings is 2. The second-order valence-corrected chi connectivity index (χ2v) is 5.63. The molecule has 1 aliphatic heterocycles. The molecule has 3 rings (SSSR count). The molecule has 0 aliphatic carbocycles. The Kier molecular flexibility index (Phi) is 4.11. The second kappa shape index (κ2) is 6.19. The van der Waals surface area contributed by atoms with Gasteiger partial charge in [-0.2, -0.15) is 0 Å². The number of amides is 1. The zero-order valence-electron chi connectivity index (χ0n) is 11.7. The smallest absolute Gasteiger partial charge is 0.242 e. The molecule has 21 heavy (non-hydrogen) atoms. The summed E-state index contributed by atoms with van der Waals surface area (Å²) in [7, 11) is 0. The van der Waals surface area contributed by atoms with Gasteiger partial charge in [0.2, 0.25) is 5.91 Å². The Labute approximate surface area is 129 Å². The third kappa shape index (κ3) is 3.37. The zero-order valence-corrected chi connectivity index (χ0v) is 12.4. The number of nitrogens with one attached hydrogen (secondary N) is 1. The largest absolute Gasteiger partial charge is 0.376 e. The lowest BCUT2D eigenvalue weighted by atomic mass is 10.00. The second-order valence-electron chi connectivity index (χ2n) is 5.19. The van der Waals surface area contributed by atoms with Crippen molar-refractivity contribution in [2.75, 3.05) is 18.4 Å². The highest BCUT2D eigenvalue weighted by molar-refractivity contribution is 6.30. The number of nitrogens with zero attached hydrogens (tertiary/aromatic N) is 1. The summed E-state index contributed by atoms with van der Waals surface area (Å²) in [5, 5.41) is 3.84. The van der Waals surface area contributed by atoms with E-state index in [1.807, 2.05) is 35.2 Å². The number of hydrogen-bond donors (Lipinski definition) is 1. The van der Waals surface area contributed by atoms with Crippen molar-refractivity contribution in [3.8, 4) is 0 Å². The van der Waals surface area contributed by atoms with Gasteiger partial charge in [-0.05, 0) is 41.8 Å². The molecule has 1 heterocycles. The van der Waals surface area contributed by atoms with Gasteiger partial charge in [-0.1, -0.05) is 35.9 Å². The number of carbonyl (C=O) groups excluding carboxylic acids is 1. The lowest BCUT2D eigenvalue weighted by Gasteiger charge is -2.29. The third-order valence-electron chi connectivity index (χ3n) is 3.77. The number of halogens is 1. The quantitative estimate of drug-likeness (QED) is 0.943. The normalized spacial score (nSPS) is 13.7. The maximum Gasteiger partial charge on any atom is 0.242 e. The maximum atomic E-state index is 12.3. The van der Waals surface area contributed by atoms with Gasteiger partial charge in [-0.15, -0.1) is 0 Å². The SMILES string of the molecule is O=C(CNc1ccc(Cl)cc1)N1CCc2ccccc2C1. The van der Waals surface area contributed by atoms with Crippen LogP contribution in [0.25, 0.3) is 0 Å². The first-order valence-corrected chi connectivity index (χ1v) is 7.44. The number of hydrogen-bond acceptors (Lipinski definition) is 2. The maximum absolute atomic E-state index is 12.3. The van der Waals surface area contributed by atoms with Gasteiger partial charge in [-0.25, -0.2) is 0 Å². The van der Waals surface area contributed by atoms with E-state index in [0.717, 1.165) is 18.7 Å². The fraction of sp³-hybridized carbons (Fsp3) is 0.235. The minimum absolute atomic E-state index is 0.124. The number of carbonyl (C=O) groups is 1. The molecule has 4 heteroatoms.